The van der Waals surface area contributed by atoms with E-state index in [1.807, 2.05) is 18.3 Å². The van der Waals surface area contributed by atoms with Crippen molar-refractivity contribution in [1.29, 1.82) is 0 Å². The molecule has 4 nitrogen and oxygen atoms in total. The van der Waals surface area contributed by atoms with Gasteiger partial charge in [0.2, 0.25) is 0 Å². The first-order chi connectivity index (χ1) is 31.2. The first-order valence-electron chi connectivity index (χ1n) is 23.4. The molecular weight excluding hydrogens is 811 g/mol. The van der Waals surface area contributed by atoms with Crippen LogP contribution >= 0.6 is 22.7 Å². The van der Waals surface area contributed by atoms with E-state index in [4.69, 9.17) is 14.2 Å². The van der Waals surface area contributed by atoms with Crippen molar-refractivity contribution in [2.45, 2.75) is 37.6 Å². The Morgan fingerprint density at radius 3 is 1.97 bits per heavy atom. The Bertz CT molecular complexity index is 4420. The molecule has 4 aliphatic carbocycles. The molecule has 1 aliphatic heterocycles. The normalized spacial score (nSPS) is 22.0. The van der Waals surface area contributed by atoms with Crippen LogP contribution in [0.25, 0.3) is 139 Å². The maximum Gasteiger partial charge on any atom is 0.0701 e. The van der Waals surface area contributed by atoms with Crippen LogP contribution in [-0.2, 0) is 32.5 Å². The van der Waals surface area contributed by atoms with Gasteiger partial charge in [-0.05, 0) is 214 Å². The highest BCUT2D eigenvalue weighted by Crippen LogP contribution is 2.70. The molecule has 0 bridgehead atoms. The lowest BCUT2D eigenvalue weighted by Gasteiger charge is -2.42. The lowest BCUT2D eigenvalue weighted by atomic mass is 9.60. The molecule has 1 fully saturated rings. The average molecular weight is 848 g/mol. The van der Waals surface area contributed by atoms with Gasteiger partial charge in [0.25, 0.3) is 0 Å². The fourth-order valence-electron chi connectivity index (χ4n) is 16.5. The Morgan fingerprint density at radius 1 is 0.587 bits per heavy atom. The molecule has 3 unspecified atom stereocenters. The van der Waals surface area contributed by atoms with Gasteiger partial charge < -0.3 is 14.2 Å². The molecule has 0 N–H and O–H groups in total. The SMILES string of the molecule is CCOCCOCCOCCN1CC2C3=c4c5c6c7c(cc8cc9cc%10cc%11cc%12c%13c(c4c4c5c5c7c8c7c9c%10c8c%11c%13c4c8c75)=C(C3)C%12)CC62C1c1ccc(-c2cccs2)s1. The Morgan fingerprint density at radius 2 is 1.22 bits per heavy atom. The van der Waals surface area contributed by atoms with Crippen LogP contribution in [0.2, 0.25) is 0 Å². The average Bonchev–Trinajstić information content (AvgIpc) is 4.14. The number of hydrogen-bond acceptors (Lipinski definition) is 6. The fraction of sp³-hybridized carbons (Fsp3) is 0.263. The number of ether oxygens (including phenoxy) is 3. The second-order valence-electron chi connectivity index (χ2n) is 20.2. The van der Waals surface area contributed by atoms with Crippen LogP contribution < -0.4 is 10.4 Å². The van der Waals surface area contributed by atoms with Crippen molar-refractivity contribution >= 4 is 152 Å². The molecule has 300 valence electrons. The standard InChI is InChI=1S/C57H37NO3S2/c1-2-59-9-10-61-12-11-60-8-7-58-22-31-30-20-28-18-25-16-26-15-23-14-24-17-27-19-29-21-57(31,56(58)34-6-5-33(63-34)32-4-3-13-62-32)55-41(29)46-40(27)45-36(24)35(23)43-39(26)44-37(25)38(28)47-42(30)54(55)53-51(46)49(45)48(43)50(44)52(47)53/h3-6,13-17,19,31,56H,2,7-12,18,20-22H2,1H3. The number of rotatable bonds is 12. The van der Waals surface area contributed by atoms with Gasteiger partial charge in [-0.15, -0.1) is 22.7 Å². The fourth-order valence-corrected chi connectivity index (χ4v) is 18.6. The summed E-state index contributed by atoms with van der Waals surface area (Å²) in [5.41, 5.74) is 8.30. The van der Waals surface area contributed by atoms with Crippen LogP contribution in [0.1, 0.15) is 41.0 Å². The minimum absolute atomic E-state index is 0.0700. The third kappa shape index (κ3) is 3.15. The minimum Gasteiger partial charge on any atom is -0.379 e. The second kappa shape index (κ2) is 10.2. The summed E-state index contributed by atoms with van der Waals surface area (Å²) in [6.07, 6.45) is 3.30. The van der Waals surface area contributed by atoms with E-state index in [1.165, 1.54) is 41.6 Å². The van der Waals surface area contributed by atoms with Gasteiger partial charge in [0.1, 0.15) is 0 Å². The van der Waals surface area contributed by atoms with E-state index in [2.05, 4.69) is 76.2 Å². The summed E-state index contributed by atoms with van der Waals surface area (Å²) in [6, 6.07) is 22.8. The van der Waals surface area contributed by atoms with Crippen molar-refractivity contribution in [3.05, 3.63) is 92.0 Å². The van der Waals surface area contributed by atoms with Crippen LogP contribution in [0.5, 0.6) is 0 Å². The Hall–Kier alpha value is -5.18. The monoisotopic (exact) mass is 847 g/mol. The van der Waals surface area contributed by atoms with E-state index in [0.29, 0.717) is 39.0 Å². The van der Waals surface area contributed by atoms with E-state index in [1.54, 1.807) is 130 Å². The van der Waals surface area contributed by atoms with Gasteiger partial charge in [-0.1, -0.05) is 29.3 Å². The zero-order chi connectivity index (χ0) is 40.1. The molecule has 6 heteroatoms. The van der Waals surface area contributed by atoms with E-state index in [0.717, 1.165) is 39.0 Å². The Balaban J connectivity index is 0.944. The summed E-state index contributed by atoms with van der Waals surface area (Å²) in [5, 5.41) is 40.2. The van der Waals surface area contributed by atoms with Gasteiger partial charge in [-0.25, -0.2) is 0 Å². The van der Waals surface area contributed by atoms with Gasteiger partial charge in [-0.2, -0.15) is 0 Å². The molecule has 0 amide bonds. The molecule has 3 heterocycles. The summed E-state index contributed by atoms with van der Waals surface area (Å²) in [4.78, 5) is 7.20. The lowest BCUT2D eigenvalue weighted by Crippen LogP contribution is -2.43. The van der Waals surface area contributed by atoms with Crippen LogP contribution in [0, 0.1) is 5.92 Å². The molecule has 19 rings (SSSR count). The van der Waals surface area contributed by atoms with E-state index in [-0.39, 0.29) is 11.5 Å². The summed E-state index contributed by atoms with van der Waals surface area (Å²) in [5.74, 6) is 0.424. The number of thiophene rings is 2. The molecule has 5 aliphatic rings. The lowest BCUT2D eigenvalue weighted by molar-refractivity contribution is 0.0113. The van der Waals surface area contributed by atoms with Gasteiger partial charge in [-0.3, -0.25) is 4.90 Å². The third-order valence-corrected chi connectivity index (χ3v) is 20.2. The van der Waals surface area contributed by atoms with Gasteiger partial charge in [0, 0.05) is 45.7 Å². The predicted molar refractivity (Wildman–Crippen MR) is 263 cm³/mol. The number of benzene rings is 8. The first-order valence-corrected chi connectivity index (χ1v) is 25.1. The molecule has 0 radical (unpaired) electrons. The van der Waals surface area contributed by atoms with E-state index < -0.39 is 0 Å². The van der Waals surface area contributed by atoms with Crippen molar-refractivity contribution < 1.29 is 14.2 Å². The van der Waals surface area contributed by atoms with Crippen molar-refractivity contribution in [3.8, 4) is 9.75 Å². The quantitative estimate of drug-likeness (QED) is 0.0905. The maximum atomic E-state index is 6.46. The summed E-state index contributed by atoms with van der Waals surface area (Å²) < 4.78 is 17.8. The van der Waals surface area contributed by atoms with Crippen LogP contribution in [0.15, 0.2) is 60.0 Å². The number of hydrogen-bond donors (Lipinski definition) is 0. The maximum absolute atomic E-state index is 6.46. The molecule has 0 saturated carbocycles. The van der Waals surface area contributed by atoms with Crippen LogP contribution in [0.3, 0.4) is 0 Å². The van der Waals surface area contributed by atoms with Gasteiger partial charge in [0.15, 0.2) is 0 Å². The largest absolute Gasteiger partial charge is 0.379 e. The second-order valence-corrected chi connectivity index (χ2v) is 22.3. The molecule has 14 aromatic rings. The number of nitrogens with zero attached hydrogens (tertiary/aromatic N) is 1. The van der Waals surface area contributed by atoms with Crippen molar-refractivity contribution in [2.24, 2.45) is 5.92 Å². The molecule has 2 aromatic heterocycles. The molecule has 12 aromatic carbocycles. The Kier molecular flexibility index (Phi) is 5.25. The zero-order valence-electron chi connectivity index (χ0n) is 34.7. The summed E-state index contributed by atoms with van der Waals surface area (Å²) in [7, 11) is 0. The summed E-state index contributed by atoms with van der Waals surface area (Å²) in [6.45, 7) is 7.91. The highest BCUT2D eigenvalue weighted by molar-refractivity contribution is 7.21. The molecule has 3 atom stereocenters. The highest BCUT2D eigenvalue weighted by atomic mass is 32.1. The van der Waals surface area contributed by atoms with Crippen LogP contribution in [-0.4, -0.2) is 57.6 Å². The summed E-state index contributed by atoms with van der Waals surface area (Å²) >= 11 is 3.93. The minimum atomic E-state index is -0.0700. The number of likely N-dealkylation sites (tertiary alicyclic amines) is 1. The number of fused-ring (bicyclic) bond motifs is 1. The van der Waals surface area contributed by atoms with E-state index >= 15 is 0 Å². The van der Waals surface area contributed by atoms with E-state index in [9.17, 15) is 0 Å². The van der Waals surface area contributed by atoms with Crippen LogP contribution in [0.4, 0.5) is 0 Å². The molecule has 1 spiro atoms. The zero-order valence-corrected chi connectivity index (χ0v) is 36.3. The molecular formula is C57H37NO3S2. The molecule has 63 heavy (non-hydrogen) atoms. The predicted octanol–water partition coefficient (Wildman–Crippen LogP) is 11.9. The van der Waals surface area contributed by atoms with Gasteiger partial charge in [0.05, 0.1) is 39.1 Å². The molecule has 1 saturated heterocycles. The first kappa shape index (κ1) is 32.5. The topological polar surface area (TPSA) is 30.9 Å². The third-order valence-electron chi connectivity index (χ3n) is 18.0. The van der Waals surface area contributed by atoms with Crippen molar-refractivity contribution in [1.82, 2.24) is 4.90 Å². The Labute approximate surface area is 367 Å². The van der Waals surface area contributed by atoms with Crippen molar-refractivity contribution in [3.63, 3.8) is 0 Å². The highest BCUT2D eigenvalue weighted by Gasteiger charge is 2.63. The smallest absolute Gasteiger partial charge is 0.0701 e. The van der Waals surface area contributed by atoms with Gasteiger partial charge >= 0.3 is 0 Å². The van der Waals surface area contributed by atoms with Crippen molar-refractivity contribution in [2.75, 3.05) is 52.7 Å².